The predicted octanol–water partition coefficient (Wildman–Crippen LogP) is 8.17. The second kappa shape index (κ2) is 8.68. The molecule has 0 aliphatic heterocycles. The van der Waals surface area contributed by atoms with Crippen molar-refractivity contribution in [3.05, 3.63) is 75.7 Å². The fraction of sp³-hybridized carbons (Fsp3) is 0.417. The maximum Gasteiger partial charge on any atom is 0.167 e. The zero-order chi connectivity index (χ0) is 21.3. The number of hydrogen-bond donors (Lipinski definition) is 0. The topological polar surface area (TPSA) is 0 Å². The van der Waals surface area contributed by atoms with Crippen LogP contribution in [0.1, 0.15) is 69.1 Å². The lowest BCUT2D eigenvalue weighted by molar-refractivity contribution is 0.359. The van der Waals surface area contributed by atoms with Crippen LogP contribution in [-0.2, 0) is 6.42 Å². The van der Waals surface area contributed by atoms with Gasteiger partial charge in [0, 0.05) is 11.1 Å². The van der Waals surface area contributed by atoms with E-state index in [2.05, 4.69) is 0 Å². The monoisotopic (exact) mass is 408 g/mol. The van der Waals surface area contributed by atoms with Gasteiger partial charge in [0.05, 0.1) is 5.83 Å². The maximum absolute atomic E-state index is 15.1. The molecule has 29 heavy (non-hydrogen) atoms. The molecule has 1 fully saturated rings. The van der Waals surface area contributed by atoms with E-state index >= 15 is 4.39 Å². The first kappa shape index (κ1) is 21.5. The van der Waals surface area contributed by atoms with Crippen LogP contribution in [0.4, 0.5) is 22.0 Å². The van der Waals surface area contributed by atoms with Crippen molar-refractivity contribution in [2.24, 2.45) is 5.92 Å². The number of hydrogen-bond acceptors (Lipinski definition) is 0. The average Bonchev–Trinajstić information content (AvgIpc) is 3.02. The first-order valence-electron chi connectivity index (χ1n) is 9.97. The average molecular weight is 408 g/mol. The van der Waals surface area contributed by atoms with Gasteiger partial charge >= 0.3 is 0 Å². The van der Waals surface area contributed by atoms with Crippen LogP contribution in [0.2, 0.25) is 0 Å². The summed E-state index contributed by atoms with van der Waals surface area (Å²) in [6, 6.07) is 1.60. The van der Waals surface area contributed by atoms with Crippen molar-refractivity contribution in [3.63, 3.8) is 0 Å². The summed E-state index contributed by atoms with van der Waals surface area (Å²) in [6.45, 7) is 4.09. The Hall–Kier alpha value is -2.17. The highest BCUT2D eigenvalue weighted by atomic mass is 19.2. The molecule has 5 heteroatoms. The lowest BCUT2D eigenvalue weighted by Gasteiger charge is -2.28. The molecule has 0 N–H and O–H groups in total. The standard InChI is InChI=1S/C24H25F5/c1-4-5-17-11-18-12-19(16-8-6-15(7-9-16)10-13(2)25)23(28)24(29)21(18)20(17)22(27)14(3)26/h4-5,10,12,15-16H,6-9,11H2,1-3H3/b5-4+,13-10+,22-14-. The van der Waals surface area contributed by atoms with Gasteiger partial charge in [0.15, 0.2) is 17.5 Å². The van der Waals surface area contributed by atoms with Crippen LogP contribution >= 0.6 is 0 Å². The van der Waals surface area contributed by atoms with E-state index in [9.17, 15) is 17.6 Å². The van der Waals surface area contributed by atoms with Crippen LogP contribution in [0.3, 0.4) is 0 Å². The van der Waals surface area contributed by atoms with E-state index in [1.54, 1.807) is 31.2 Å². The van der Waals surface area contributed by atoms with Crippen LogP contribution in [0.25, 0.3) is 5.57 Å². The van der Waals surface area contributed by atoms with Crippen LogP contribution in [0, 0.1) is 17.6 Å². The minimum absolute atomic E-state index is 0.111. The molecule has 0 heterocycles. The van der Waals surface area contributed by atoms with Gasteiger partial charge < -0.3 is 0 Å². The zero-order valence-electron chi connectivity index (χ0n) is 16.9. The second-order valence-electron chi connectivity index (χ2n) is 7.92. The highest BCUT2D eigenvalue weighted by molar-refractivity contribution is 5.87. The molecule has 2 aliphatic rings. The third kappa shape index (κ3) is 4.24. The molecule has 0 saturated heterocycles. The summed E-state index contributed by atoms with van der Waals surface area (Å²) in [5.41, 5.74) is 0.801. The summed E-state index contributed by atoms with van der Waals surface area (Å²) in [7, 11) is 0. The molecule has 3 rings (SSSR count). The summed E-state index contributed by atoms with van der Waals surface area (Å²) < 4.78 is 71.2. The minimum atomic E-state index is -1.16. The molecule has 156 valence electrons. The van der Waals surface area contributed by atoms with Crippen LogP contribution in [-0.4, -0.2) is 0 Å². The van der Waals surface area contributed by atoms with Gasteiger partial charge in [0.2, 0.25) is 0 Å². The van der Waals surface area contributed by atoms with E-state index in [1.807, 2.05) is 0 Å². The summed E-state index contributed by atoms with van der Waals surface area (Å²) in [4.78, 5) is 0. The normalized spacial score (nSPS) is 23.7. The van der Waals surface area contributed by atoms with E-state index in [1.165, 1.54) is 6.92 Å². The smallest absolute Gasteiger partial charge is 0.167 e. The van der Waals surface area contributed by atoms with Gasteiger partial charge in [-0.3, -0.25) is 0 Å². The van der Waals surface area contributed by atoms with E-state index in [0.29, 0.717) is 36.8 Å². The first-order chi connectivity index (χ1) is 13.7. The Morgan fingerprint density at radius 1 is 1.00 bits per heavy atom. The molecule has 0 unspecified atom stereocenters. The Morgan fingerprint density at radius 3 is 2.21 bits per heavy atom. The molecular formula is C24H25F5. The predicted molar refractivity (Wildman–Crippen MR) is 106 cm³/mol. The lowest BCUT2D eigenvalue weighted by Crippen LogP contribution is -2.14. The maximum atomic E-state index is 15.1. The molecule has 0 bridgehead atoms. The number of rotatable bonds is 4. The van der Waals surface area contributed by atoms with Crippen molar-refractivity contribution in [1.82, 2.24) is 0 Å². The lowest BCUT2D eigenvalue weighted by atomic mass is 9.77. The highest BCUT2D eigenvalue weighted by Gasteiger charge is 2.33. The fourth-order valence-corrected chi connectivity index (χ4v) is 4.55. The summed E-state index contributed by atoms with van der Waals surface area (Å²) in [5.74, 6) is -4.61. The van der Waals surface area contributed by atoms with Gasteiger partial charge in [-0.15, -0.1) is 0 Å². The molecule has 0 nitrogen and oxygen atoms in total. The molecule has 2 aliphatic carbocycles. The molecule has 1 aromatic carbocycles. The highest BCUT2D eigenvalue weighted by Crippen LogP contribution is 2.45. The Balaban J connectivity index is 1.99. The molecule has 1 aromatic rings. The van der Waals surface area contributed by atoms with E-state index in [0.717, 1.165) is 6.92 Å². The quantitative estimate of drug-likeness (QED) is 0.441. The first-order valence-corrected chi connectivity index (χ1v) is 9.97. The van der Waals surface area contributed by atoms with E-state index in [-0.39, 0.29) is 40.8 Å². The third-order valence-electron chi connectivity index (χ3n) is 5.84. The summed E-state index contributed by atoms with van der Waals surface area (Å²) >= 11 is 0. The van der Waals surface area contributed by atoms with Gasteiger partial charge in [0.1, 0.15) is 5.83 Å². The Bertz CT molecular complexity index is 917. The van der Waals surface area contributed by atoms with Gasteiger partial charge in [-0.2, -0.15) is 0 Å². The number of allylic oxidation sites excluding steroid dienone is 8. The Labute approximate surface area is 168 Å². The van der Waals surface area contributed by atoms with Gasteiger partial charge in [0.25, 0.3) is 0 Å². The van der Waals surface area contributed by atoms with E-state index in [4.69, 9.17) is 0 Å². The second-order valence-corrected chi connectivity index (χ2v) is 7.92. The van der Waals surface area contributed by atoms with Gasteiger partial charge in [-0.1, -0.05) is 24.3 Å². The van der Waals surface area contributed by atoms with Crippen molar-refractivity contribution in [2.75, 3.05) is 0 Å². The van der Waals surface area contributed by atoms with Crippen LogP contribution in [0.15, 0.2) is 47.3 Å². The van der Waals surface area contributed by atoms with Crippen molar-refractivity contribution < 1.29 is 22.0 Å². The minimum Gasteiger partial charge on any atom is -0.212 e. The van der Waals surface area contributed by atoms with Crippen LogP contribution < -0.4 is 0 Å². The van der Waals surface area contributed by atoms with Crippen molar-refractivity contribution in [3.8, 4) is 0 Å². The van der Waals surface area contributed by atoms with Gasteiger partial charge in [-0.05, 0) is 81.4 Å². The van der Waals surface area contributed by atoms with Crippen molar-refractivity contribution in [2.45, 2.75) is 58.8 Å². The molecule has 0 radical (unpaired) electrons. The van der Waals surface area contributed by atoms with Crippen molar-refractivity contribution in [1.29, 1.82) is 0 Å². The van der Waals surface area contributed by atoms with Crippen LogP contribution in [0.5, 0.6) is 0 Å². The molecule has 0 amide bonds. The molecule has 0 spiro atoms. The zero-order valence-corrected chi connectivity index (χ0v) is 16.9. The van der Waals surface area contributed by atoms with E-state index < -0.39 is 23.3 Å². The summed E-state index contributed by atoms with van der Waals surface area (Å²) in [5, 5.41) is 0. The van der Waals surface area contributed by atoms with Gasteiger partial charge in [-0.25, -0.2) is 22.0 Å². The molecule has 0 aromatic heterocycles. The Kier molecular flexibility index (Phi) is 6.45. The SMILES string of the molecule is C/C=C/C1=C(C(/F)=C(\C)F)c2c(cc(C3CCC(/C=C(\C)F)CC3)c(F)c2F)C1. The number of fused-ring (bicyclic) bond motifs is 1. The molecular weight excluding hydrogens is 383 g/mol. The summed E-state index contributed by atoms with van der Waals surface area (Å²) in [6.07, 6.45) is 7.74. The largest absolute Gasteiger partial charge is 0.212 e. The van der Waals surface area contributed by atoms with Crippen molar-refractivity contribution >= 4 is 5.57 Å². The molecule has 0 atom stereocenters. The molecule has 1 saturated carbocycles. The fourth-order valence-electron chi connectivity index (χ4n) is 4.55. The number of benzene rings is 1. The Morgan fingerprint density at radius 2 is 1.66 bits per heavy atom. The third-order valence-corrected chi connectivity index (χ3v) is 5.84. The number of halogens is 5.